The summed E-state index contributed by atoms with van der Waals surface area (Å²) in [6.07, 6.45) is 0. The van der Waals surface area contributed by atoms with Gasteiger partial charge in [0.05, 0.1) is 11.4 Å². The van der Waals surface area contributed by atoms with Crippen molar-refractivity contribution in [2.24, 2.45) is 0 Å². The lowest BCUT2D eigenvalue weighted by Crippen LogP contribution is -2.04. The average molecular weight is 308 g/mol. The van der Waals surface area contributed by atoms with Gasteiger partial charge in [0, 0.05) is 11.4 Å². The van der Waals surface area contributed by atoms with E-state index >= 15 is 0 Å². The highest BCUT2D eigenvalue weighted by Gasteiger charge is 2.16. The van der Waals surface area contributed by atoms with E-state index in [0.717, 1.165) is 21.4 Å². The first-order chi connectivity index (χ1) is 8.41. The van der Waals surface area contributed by atoms with Gasteiger partial charge in [0.1, 0.15) is 0 Å². The standard InChI is InChI=1S/C13H14BrN3O/c1-7-5-8(2)13(11(14)6-7)17-9(3)12(10(4)18)15-16-17/h5-6H,1-4H3. The number of carbonyl (C=O) groups is 1. The van der Waals surface area contributed by atoms with Gasteiger partial charge >= 0.3 is 0 Å². The second-order valence-electron chi connectivity index (χ2n) is 4.40. The van der Waals surface area contributed by atoms with Gasteiger partial charge in [-0.25, -0.2) is 4.68 Å². The van der Waals surface area contributed by atoms with Crippen LogP contribution in [0.1, 0.15) is 34.2 Å². The lowest BCUT2D eigenvalue weighted by atomic mass is 10.1. The van der Waals surface area contributed by atoms with Gasteiger partial charge in [-0.2, -0.15) is 0 Å². The molecule has 0 saturated carbocycles. The quantitative estimate of drug-likeness (QED) is 0.801. The van der Waals surface area contributed by atoms with Gasteiger partial charge in [-0.1, -0.05) is 11.3 Å². The molecule has 0 spiro atoms. The fourth-order valence-corrected chi connectivity index (χ4v) is 2.88. The van der Waals surface area contributed by atoms with Crippen molar-refractivity contribution in [2.75, 3.05) is 0 Å². The lowest BCUT2D eigenvalue weighted by Gasteiger charge is -2.11. The maximum Gasteiger partial charge on any atom is 0.181 e. The van der Waals surface area contributed by atoms with Crippen LogP contribution in [0, 0.1) is 20.8 Å². The van der Waals surface area contributed by atoms with Crippen molar-refractivity contribution in [1.29, 1.82) is 0 Å². The number of hydrogen-bond acceptors (Lipinski definition) is 3. The number of Topliss-reactive ketones (excluding diaryl/α,β-unsaturated/α-hetero) is 1. The summed E-state index contributed by atoms with van der Waals surface area (Å²) in [7, 11) is 0. The molecule has 0 bridgehead atoms. The number of benzene rings is 1. The summed E-state index contributed by atoms with van der Waals surface area (Å²) < 4.78 is 2.65. The third-order valence-corrected chi connectivity index (χ3v) is 3.44. The molecule has 1 aromatic heterocycles. The highest BCUT2D eigenvalue weighted by molar-refractivity contribution is 9.10. The molecule has 0 N–H and O–H groups in total. The Hall–Kier alpha value is -1.49. The highest BCUT2D eigenvalue weighted by Crippen LogP contribution is 2.27. The number of aryl methyl sites for hydroxylation is 2. The second kappa shape index (κ2) is 4.65. The summed E-state index contributed by atoms with van der Waals surface area (Å²) in [6.45, 7) is 7.40. The SMILES string of the molecule is CC(=O)c1nnn(-c2c(C)cc(C)cc2Br)c1C. The van der Waals surface area contributed by atoms with E-state index in [2.05, 4.69) is 32.3 Å². The van der Waals surface area contributed by atoms with Gasteiger partial charge in [-0.05, 0) is 53.9 Å². The van der Waals surface area contributed by atoms with Crippen LogP contribution in [0.4, 0.5) is 0 Å². The summed E-state index contributed by atoms with van der Waals surface area (Å²) in [5, 5.41) is 8.01. The van der Waals surface area contributed by atoms with Crippen molar-refractivity contribution in [2.45, 2.75) is 27.7 Å². The molecule has 94 valence electrons. The van der Waals surface area contributed by atoms with Crippen LogP contribution < -0.4 is 0 Å². The molecule has 18 heavy (non-hydrogen) atoms. The zero-order chi connectivity index (χ0) is 13.4. The Morgan fingerprint density at radius 2 is 1.94 bits per heavy atom. The van der Waals surface area contributed by atoms with Crippen LogP contribution in [0.3, 0.4) is 0 Å². The van der Waals surface area contributed by atoms with Crippen LogP contribution in [0.5, 0.6) is 0 Å². The molecule has 0 saturated heterocycles. The van der Waals surface area contributed by atoms with E-state index in [0.29, 0.717) is 5.69 Å². The molecular weight excluding hydrogens is 294 g/mol. The largest absolute Gasteiger partial charge is 0.293 e. The maximum atomic E-state index is 11.4. The van der Waals surface area contributed by atoms with Crippen LogP contribution in [0.25, 0.3) is 5.69 Å². The van der Waals surface area contributed by atoms with E-state index in [1.807, 2.05) is 26.8 Å². The zero-order valence-electron chi connectivity index (χ0n) is 10.8. The minimum atomic E-state index is -0.0698. The number of nitrogens with zero attached hydrogens (tertiary/aromatic N) is 3. The van der Waals surface area contributed by atoms with E-state index in [1.165, 1.54) is 12.5 Å². The highest BCUT2D eigenvalue weighted by atomic mass is 79.9. The van der Waals surface area contributed by atoms with Crippen LogP contribution in [-0.2, 0) is 0 Å². The Morgan fingerprint density at radius 1 is 1.28 bits per heavy atom. The maximum absolute atomic E-state index is 11.4. The summed E-state index contributed by atoms with van der Waals surface area (Å²) in [5.41, 5.74) is 4.37. The Labute approximate surface area is 114 Å². The van der Waals surface area contributed by atoms with Gasteiger partial charge in [-0.3, -0.25) is 4.79 Å². The molecule has 2 rings (SSSR count). The van der Waals surface area contributed by atoms with Crippen molar-refractivity contribution in [1.82, 2.24) is 15.0 Å². The number of aromatic nitrogens is 3. The molecule has 0 fully saturated rings. The lowest BCUT2D eigenvalue weighted by molar-refractivity contribution is 0.101. The third-order valence-electron chi connectivity index (χ3n) is 2.84. The third kappa shape index (κ3) is 2.10. The first-order valence-corrected chi connectivity index (χ1v) is 6.41. The van der Waals surface area contributed by atoms with Crippen LogP contribution in [0.15, 0.2) is 16.6 Å². The zero-order valence-corrected chi connectivity index (χ0v) is 12.4. The van der Waals surface area contributed by atoms with Gasteiger partial charge in [0.25, 0.3) is 0 Å². The number of rotatable bonds is 2. The molecule has 0 atom stereocenters. The fraction of sp³-hybridized carbons (Fsp3) is 0.308. The number of ketones is 1. The summed E-state index contributed by atoms with van der Waals surface area (Å²) in [6, 6.07) is 4.10. The molecule has 0 aliphatic carbocycles. The van der Waals surface area contributed by atoms with Gasteiger partial charge in [-0.15, -0.1) is 5.10 Å². The molecule has 0 aliphatic heterocycles. The first-order valence-electron chi connectivity index (χ1n) is 5.62. The molecule has 1 aromatic carbocycles. The normalized spacial score (nSPS) is 10.7. The van der Waals surface area contributed by atoms with Crippen LogP contribution in [-0.4, -0.2) is 20.8 Å². The monoisotopic (exact) mass is 307 g/mol. The van der Waals surface area contributed by atoms with Gasteiger partial charge in [0.2, 0.25) is 0 Å². The number of hydrogen-bond donors (Lipinski definition) is 0. The van der Waals surface area contributed by atoms with Crippen molar-refractivity contribution in [3.05, 3.63) is 39.1 Å². The topological polar surface area (TPSA) is 47.8 Å². The Kier molecular flexibility index (Phi) is 3.34. The van der Waals surface area contributed by atoms with Crippen LogP contribution in [0.2, 0.25) is 0 Å². The Morgan fingerprint density at radius 3 is 2.44 bits per heavy atom. The Balaban J connectivity index is 2.67. The molecule has 0 unspecified atom stereocenters. The van der Waals surface area contributed by atoms with E-state index < -0.39 is 0 Å². The molecule has 0 aliphatic rings. The van der Waals surface area contributed by atoms with Gasteiger partial charge < -0.3 is 0 Å². The fourth-order valence-electron chi connectivity index (χ4n) is 2.04. The second-order valence-corrected chi connectivity index (χ2v) is 5.26. The molecule has 1 heterocycles. The average Bonchev–Trinajstić information content (AvgIpc) is 2.59. The number of halogens is 1. The minimum Gasteiger partial charge on any atom is -0.293 e. The molecule has 5 heteroatoms. The molecule has 4 nitrogen and oxygen atoms in total. The molecule has 2 aromatic rings. The minimum absolute atomic E-state index is 0.0698. The predicted octanol–water partition coefficient (Wildman–Crippen LogP) is 3.16. The first kappa shape index (κ1) is 13.0. The molecule has 0 amide bonds. The smallest absolute Gasteiger partial charge is 0.181 e. The van der Waals surface area contributed by atoms with E-state index in [1.54, 1.807) is 4.68 Å². The van der Waals surface area contributed by atoms with Gasteiger partial charge in [0.15, 0.2) is 11.5 Å². The summed E-state index contributed by atoms with van der Waals surface area (Å²) >= 11 is 3.54. The number of carbonyl (C=O) groups excluding carboxylic acids is 1. The van der Waals surface area contributed by atoms with E-state index in [9.17, 15) is 4.79 Å². The van der Waals surface area contributed by atoms with Crippen molar-refractivity contribution in [3.8, 4) is 5.69 Å². The molecular formula is C13H14BrN3O. The summed E-state index contributed by atoms with van der Waals surface area (Å²) in [5.74, 6) is -0.0698. The molecule has 0 radical (unpaired) electrons. The van der Waals surface area contributed by atoms with Crippen molar-refractivity contribution >= 4 is 21.7 Å². The Bertz CT molecular complexity index is 608. The van der Waals surface area contributed by atoms with E-state index in [4.69, 9.17) is 0 Å². The van der Waals surface area contributed by atoms with Crippen molar-refractivity contribution < 1.29 is 4.79 Å². The summed E-state index contributed by atoms with van der Waals surface area (Å²) in [4.78, 5) is 11.4. The van der Waals surface area contributed by atoms with Crippen LogP contribution >= 0.6 is 15.9 Å². The predicted molar refractivity (Wildman–Crippen MR) is 73.3 cm³/mol. The van der Waals surface area contributed by atoms with Crippen molar-refractivity contribution in [3.63, 3.8) is 0 Å². The van der Waals surface area contributed by atoms with E-state index in [-0.39, 0.29) is 5.78 Å².